The number of carbonyl (C=O) groups excluding carboxylic acids is 3. The molecule has 0 bridgehead atoms. The molecule has 0 radical (unpaired) electrons. The van der Waals surface area contributed by atoms with Gasteiger partial charge in [0, 0.05) is 47.8 Å². The highest BCUT2D eigenvalue weighted by Crippen LogP contribution is 2.30. The number of hydrogen-bond acceptors (Lipinski definition) is 6. The van der Waals surface area contributed by atoms with E-state index in [-0.39, 0.29) is 36.4 Å². The maximum absolute atomic E-state index is 13.5. The molecule has 0 atom stereocenters. The van der Waals surface area contributed by atoms with E-state index in [1.165, 1.54) is 0 Å². The maximum Gasteiger partial charge on any atom is 0.253 e. The van der Waals surface area contributed by atoms with Crippen LogP contribution in [0.5, 0.6) is 0 Å². The summed E-state index contributed by atoms with van der Waals surface area (Å²) in [5.74, 6) is -0.863. The van der Waals surface area contributed by atoms with Gasteiger partial charge in [-0.25, -0.2) is 5.48 Å². The second-order valence-corrected chi connectivity index (χ2v) is 11.0. The largest absolute Gasteiger partial charge is 0.348 e. The van der Waals surface area contributed by atoms with Crippen LogP contribution in [0.1, 0.15) is 79.2 Å². The molecule has 0 aliphatic heterocycles. The van der Waals surface area contributed by atoms with E-state index in [4.69, 9.17) is 5.21 Å². The van der Waals surface area contributed by atoms with Crippen molar-refractivity contribution in [2.75, 3.05) is 5.32 Å². The van der Waals surface area contributed by atoms with Gasteiger partial charge < -0.3 is 15.6 Å². The standard InChI is InChI=1S/C32H38N6O5/c1-19(2)38-28-16-23(22-10-12-24(13-11-22)36-29(39)8-6-5-7-9-30(40)37-43)15-25(27(28)18-34-38)31(41)33-17-26-20(3)14-21(4)35-32(26)42/h10-16,18-19,43H,5-9,17H2,1-4H3,(H,33,41)(H,35,42)(H,36,39)(H,37,40). The van der Waals surface area contributed by atoms with Crippen LogP contribution in [0.3, 0.4) is 0 Å². The van der Waals surface area contributed by atoms with Crippen LogP contribution < -0.4 is 21.7 Å². The minimum Gasteiger partial charge on any atom is -0.348 e. The Morgan fingerprint density at radius 1 is 0.953 bits per heavy atom. The molecule has 0 aliphatic rings. The molecule has 4 aromatic rings. The van der Waals surface area contributed by atoms with E-state index in [9.17, 15) is 19.2 Å². The van der Waals surface area contributed by atoms with E-state index >= 15 is 0 Å². The quantitative estimate of drug-likeness (QED) is 0.0901. The molecule has 2 aromatic heterocycles. The number of hydroxylamine groups is 1. The molecule has 0 unspecified atom stereocenters. The van der Waals surface area contributed by atoms with Crippen molar-refractivity contribution in [2.45, 2.75) is 72.4 Å². The summed E-state index contributed by atoms with van der Waals surface area (Å²) in [5.41, 5.74) is 7.06. The number of nitrogens with one attached hydrogen (secondary N) is 4. The van der Waals surface area contributed by atoms with Crippen molar-refractivity contribution in [3.8, 4) is 11.1 Å². The number of aromatic amines is 1. The summed E-state index contributed by atoms with van der Waals surface area (Å²) < 4.78 is 1.87. The SMILES string of the molecule is Cc1cc(C)c(CNC(=O)c2cc(-c3ccc(NC(=O)CCCCCC(=O)NO)cc3)cc3c2cnn3C(C)C)c(=O)[nH]1. The first-order valence-electron chi connectivity index (χ1n) is 14.4. The van der Waals surface area contributed by atoms with Gasteiger partial charge in [-0.3, -0.25) is 29.1 Å². The van der Waals surface area contributed by atoms with Crippen molar-refractivity contribution in [1.29, 1.82) is 0 Å². The number of pyridine rings is 1. The first kappa shape index (κ1) is 31.2. The Morgan fingerprint density at radius 2 is 1.65 bits per heavy atom. The summed E-state index contributed by atoms with van der Waals surface area (Å²) in [6.45, 7) is 7.81. The van der Waals surface area contributed by atoms with E-state index in [0.717, 1.165) is 27.9 Å². The normalized spacial score (nSPS) is 11.1. The third-order valence-electron chi connectivity index (χ3n) is 7.30. The summed E-state index contributed by atoms with van der Waals surface area (Å²) in [6.07, 6.45) is 4.17. The molecule has 5 N–H and O–H groups in total. The minimum absolute atomic E-state index is 0.0712. The van der Waals surface area contributed by atoms with Crippen LogP contribution >= 0.6 is 0 Å². The lowest BCUT2D eigenvalue weighted by molar-refractivity contribution is -0.129. The zero-order chi connectivity index (χ0) is 31.1. The smallest absolute Gasteiger partial charge is 0.253 e. The molecule has 3 amide bonds. The number of carbonyl (C=O) groups is 3. The Labute approximate surface area is 249 Å². The molecule has 11 heteroatoms. The Bertz CT molecular complexity index is 1690. The second-order valence-electron chi connectivity index (χ2n) is 11.0. The number of anilines is 1. The molecule has 2 aromatic carbocycles. The molecule has 4 rings (SSSR count). The first-order valence-corrected chi connectivity index (χ1v) is 14.4. The van der Waals surface area contributed by atoms with Crippen LogP contribution in [0.2, 0.25) is 0 Å². The molecule has 43 heavy (non-hydrogen) atoms. The van der Waals surface area contributed by atoms with E-state index in [2.05, 4.69) is 20.7 Å². The van der Waals surface area contributed by atoms with Gasteiger partial charge in [-0.05, 0) is 87.6 Å². The fourth-order valence-electron chi connectivity index (χ4n) is 5.05. The number of aryl methyl sites for hydroxylation is 2. The Kier molecular flexibility index (Phi) is 10.1. The van der Waals surface area contributed by atoms with Crippen molar-refractivity contribution in [1.82, 2.24) is 25.6 Å². The Morgan fingerprint density at radius 3 is 2.30 bits per heavy atom. The van der Waals surface area contributed by atoms with Gasteiger partial charge in [0.1, 0.15) is 0 Å². The van der Waals surface area contributed by atoms with E-state index < -0.39 is 5.91 Å². The van der Waals surface area contributed by atoms with Gasteiger partial charge >= 0.3 is 0 Å². The molecule has 0 fully saturated rings. The van der Waals surface area contributed by atoms with Crippen LogP contribution in [0.25, 0.3) is 22.0 Å². The fourth-order valence-corrected chi connectivity index (χ4v) is 5.05. The number of unbranched alkanes of at least 4 members (excludes halogenated alkanes) is 2. The molecule has 0 saturated carbocycles. The lowest BCUT2D eigenvalue weighted by atomic mass is 9.99. The molecule has 0 spiro atoms. The van der Waals surface area contributed by atoms with Gasteiger partial charge in [0.2, 0.25) is 11.8 Å². The number of aromatic nitrogens is 3. The highest BCUT2D eigenvalue weighted by Gasteiger charge is 2.18. The van der Waals surface area contributed by atoms with Crippen LogP contribution in [0, 0.1) is 13.8 Å². The lowest BCUT2D eigenvalue weighted by Crippen LogP contribution is -2.28. The average molecular weight is 587 g/mol. The van der Waals surface area contributed by atoms with Crippen molar-refractivity contribution in [3.05, 3.63) is 81.4 Å². The molecule has 226 valence electrons. The van der Waals surface area contributed by atoms with Gasteiger partial charge in [-0.2, -0.15) is 5.10 Å². The predicted molar refractivity (Wildman–Crippen MR) is 165 cm³/mol. The first-order chi connectivity index (χ1) is 20.6. The molecular formula is C32H38N6O5. The fraction of sp³-hybridized carbons (Fsp3) is 0.344. The van der Waals surface area contributed by atoms with Crippen LogP contribution in [-0.2, 0) is 16.1 Å². The zero-order valence-electron chi connectivity index (χ0n) is 24.9. The maximum atomic E-state index is 13.5. The molecule has 0 aliphatic carbocycles. The number of hydrogen-bond donors (Lipinski definition) is 5. The Hall–Kier alpha value is -4.77. The molecule has 2 heterocycles. The van der Waals surface area contributed by atoms with Gasteiger partial charge in [0.15, 0.2) is 0 Å². The van der Waals surface area contributed by atoms with Crippen LogP contribution in [-0.4, -0.2) is 37.7 Å². The summed E-state index contributed by atoms with van der Waals surface area (Å²) in [5, 5.41) is 19.6. The van der Waals surface area contributed by atoms with Crippen LogP contribution in [0.4, 0.5) is 5.69 Å². The number of H-pyrrole nitrogens is 1. The monoisotopic (exact) mass is 586 g/mol. The minimum atomic E-state index is -0.431. The number of benzene rings is 2. The van der Waals surface area contributed by atoms with Gasteiger partial charge in [-0.15, -0.1) is 0 Å². The van der Waals surface area contributed by atoms with E-state index in [0.29, 0.717) is 47.9 Å². The number of rotatable bonds is 12. The third-order valence-corrected chi connectivity index (χ3v) is 7.30. The average Bonchev–Trinajstić information content (AvgIpc) is 3.40. The lowest BCUT2D eigenvalue weighted by Gasteiger charge is -2.13. The topological polar surface area (TPSA) is 158 Å². The predicted octanol–water partition coefficient (Wildman–Crippen LogP) is 4.91. The summed E-state index contributed by atoms with van der Waals surface area (Å²) in [4.78, 5) is 52.2. The Balaban J connectivity index is 1.51. The van der Waals surface area contributed by atoms with Crippen LogP contribution in [0.15, 0.2) is 53.5 Å². The van der Waals surface area contributed by atoms with Crippen molar-refractivity contribution >= 4 is 34.3 Å². The summed E-state index contributed by atoms with van der Waals surface area (Å²) in [6, 6.07) is 13.2. The van der Waals surface area contributed by atoms with E-state index in [1.807, 2.05) is 74.8 Å². The third kappa shape index (κ3) is 7.75. The number of nitrogens with zero attached hydrogens (tertiary/aromatic N) is 2. The highest BCUT2D eigenvalue weighted by molar-refractivity contribution is 6.08. The van der Waals surface area contributed by atoms with Crippen molar-refractivity contribution in [3.63, 3.8) is 0 Å². The number of fused-ring (bicyclic) bond motifs is 1. The second kappa shape index (κ2) is 13.9. The number of amides is 3. The van der Waals surface area contributed by atoms with E-state index in [1.54, 1.807) is 11.7 Å². The highest BCUT2D eigenvalue weighted by atomic mass is 16.5. The van der Waals surface area contributed by atoms with Gasteiger partial charge in [-0.1, -0.05) is 18.6 Å². The summed E-state index contributed by atoms with van der Waals surface area (Å²) in [7, 11) is 0. The van der Waals surface area contributed by atoms with Crippen molar-refractivity contribution in [2.24, 2.45) is 0 Å². The summed E-state index contributed by atoms with van der Waals surface area (Å²) >= 11 is 0. The molecular weight excluding hydrogens is 548 g/mol. The van der Waals surface area contributed by atoms with Crippen molar-refractivity contribution < 1.29 is 19.6 Å². The molecule has 0 saturated heterocycles. The molecule has 11 nitrogen and oxygen atoms in total. The zero-order valence-corrected chi connectivity index (χ0v) is 24.9. The van der Waals surface area contributed by atoms with Gasteiger partial charge in [0.25, 0.3) is 11.5 Å². The van der Waals surface area contributed by atoms with Gasteiger partial charge in [0.05, 0.1) is 17.3 Å².